The molecule has 0 atom stereocenters. The molecule has 2 rings (SSSR count). The van der Waals surface area contributed by atoms with Crippen LogP contribution in [0.4, 0.5) is 5.69 Å². The summed E-state index contributed by atoms with van der Waals surface area (Å²) >= 11 is 0. The number of nitro groups is 1. The molecule has 9 heteroatoms. The maximum absolute atomic E-state index is 11.2. The Hall–Kier alpha value is -2.97. The summed E-state index contributed by atoms with van der Waals surface area (Å²) in [5.41, 5.74) is 4.95. The molecule has 1 amide bonds. The highest BCUT2D eigenvalue weighted by molar-refractivity contribution is 5.97. The number of carbonyl (C=O) groups excluding carboxylic acids is 1. The number of hydrogen-bond donors (Lipinski definition) is 3. The van der Waals surface area contributed by atoms with Crippen molar-refractivity contribution < 1.29 is 14.8 Å². The normalized spacial score (nSPS) is 10.4. The van der Waals surface area contributed by atoms with Crippen LogP contribution in [-0.4, -0.2) is 31.3 Å². The average molecular weight is 263 g/mol. The Morgan fingerprint density at radius 2 is 2.16 bits per heavy atom. The van der Waals surface area contributed by atoms with E-state index in [9.17, 15) is 20.0 Å². The summed E-state index contributed by atoms with van der Waals surface area (Å²) in [7, 11) is 0. The lowest BCUT2D eigenvalue weighted by Crippen LogP contribution is -2.12. The fraction of sp³-hybridized carbons (Fsp3) is 0.100. The van der Waals surface area contributed by atoms with Crippen molar-refractivity contribution in [2.24, 2.45) is 5.73 Å². The molecule has 98 valence electrons. The van der Waals surface area contributed by atoms with Crippen LogP contribution in [0.3, 0.4) is 0 Å². The molecule has 0 unspecified atom stereocenters. The largest absolute Gasteiger partial charge is 0.507 e. The van der Waals surface area contributed by atoms with Crippen molar-refractivity contribution >= 4 is 11.6 Å². The molecule has 0 aliphatic heterocycles. The molecule has 0 saturated heterocycles. The lowest BCUT2D eigenvalue weighted by Gasteiger charge is -2.05. The summed E-state index contributed by atoms with van der Waals surface area (Å²) in [5, 5.41) is 30.1. The molecule has 1 aromatic heterocycles. The Bertz CT molecular complexity index is 679. The number of nitrogens with two attached hydrogens (primary N) is 1. The summed E-state index contributed by atoms with van der Waals surface area (Å²) in [5.74, 6) is -1.07. The first-order chi connectivity index (χ1) is 8.91. The van der Waals surface area contributed by atoms with E-state index in [1.807, 2.05) is 0 Å². The minimum absolute atomic E-state index is 0.0225. The third-order valence-corrected chi connectivity index (χ3v) is 2.53. The Balaban J connectivity index is 2.71. The van der Waals surface area contributed by atoms with Crippen molar-refractivity contribution in [3.05, 3.63) is 33.5 Å². The number of nitrogens with one attached hydrogen (secondary N) is 1. The smallest absolute Gasteiger partial charge is 0.271 e. The summed E-state index contributed by atoms with van der Waals surface area (Å²) in [6.45, 7) is 1.50. The van der Waals surface area contributed by atoms with Gasteiger partial charge in [-0.15, -0.1) is 0 Å². The lowest BCUT2D eigenvalue weighted by atomic mass is 10.0. The molecule has 0 radical (unpaired) electrons. The van der Waals surface area contributed by atoms with Crippen LogP contribution in [0.25, 0.3) is 11.3 Å². The Kier molecular flexibility index (Phi) is 2.87. The summed E-state index contributed by atoms with van der Waals surface area (Å²) in [4.78, 5) is 21.3. The van der Waals surface area contributed by atoms with E-state index in [2.05, 4.69) is 15.4 Å². The van der Waals surface area contributed by atoms with Crippen molar-refractivity contribution in [3.8, 4) is 17.0 Å². The van der Waals surface area contributed by atoms with Gasteiger partial charge >= 0.3 is 0 Å². The van der Waals surface area contributed by atoms with Crippen LogP contribution in [0.2, 0.25) is 0 Å². The highest BCUT2D eigenvalue weighted by atomic mass is 16.6. The van der Waals surface area contributed by atoms with E-state index in [1.54, 1.807) is 0 Å². The number of phenols is 1. The molecule has 0 bridgehead atoms. The van der Waals surface area contributed by atoms with E-state index in [0.717, 1.165) is 6.07 Å². The number of carbonyl (C=O) groups is 1. The number of primary amides is 1. The van der Waals surface area contributed by atoms with Gasteiger partial charge in [-0.05, 0) is 12.5 Å². The van der Waals surface area contributed by atoms with E-state index in [4.69, 9.17) is 5.73 Å². The number of H-pyrrole nitrogens is 1. The molecular formula is C10H9N5O4. The monoisotopic (exact) mass is 263 g/mol. The molecule has 0 saturated carbocycles. The fourth-order valence-electron chi connectivity index (χ4n) is 1.64. The van der Waals surface area contributed by atoms with Gasteiger partial charge < -0.3 is 10.8 Å². The third kappa shape index (κ3) is 2.08. The number of rotatable bonds is 3. The molecule has 0 fully saturated rings. The summed E-state index contributed by atoms with van der Waals surface area (Å²) in [6, 6.07) is 2.31. The summed E-state index contributed by atoms with van der Waals surface area (Å²) < 4.78 is 0. The summed E-state index contributed by atoms with van der Waals surface area (Å²) in [6.07, 6.45) is 0. The zero-order valence-electron chi connectivity index (χ0n) is 9.75. The Morgan fingerprint density at radius 1 is 1.47 bits per heavy atom. The number of non-ortho nitro benzene ring substituents is 1. The number of amides is 1. The van der Waals surface area contributed by atoms with E-state index in [0.29, 0.717) is 0 Å². The Labute approximate surface area is 106 Å². The van der Waals surface area contributed by atoms with E-state index < -0.39 is 10.8 Å². The van der Waals surface area contributed by atoms with Crippen molar-refractivity contribution in [2.45, 2.75) is 6.92 Å². The zero-order chi connectivity index (χ0) is 14.2. The van der Waals surface area contributed by atoms with Gasteiger partial charge in [0, 0.05) is 12.1 Å². The minimum Gasteiger partial charge on any atom is -0.507 e. The van der Waals surface area contributed by atoms with Crippen LogP contribution in [0, 0.1) is 17.0 Å². The topological polar surface area (TPSA) is 148 Å². The van der Waals surface area contributed by atoms with Crippen LogP contribution in [0.1, 0.15) is 16.1 Å². The minimum atomic E-state index is -0.854. The van der Waals surface area contributed by atoms with Gasteiger partial charge in [0.25, 0.3) is 11.6 Å². The molecule has 0 aliphatic rings. The number of hydrogen-bond acceptors (Lipinski definition) is 6. The number of nitrogens with zero attached hydrogens (tertiary/aromatic N) is 3. The molecule has 2 aromatic rings. The number of aromatic nitrogens is 3. The van der Waals surface area contributed by atoms with Gasteiger partial charge in [-0.25, -0.2) is 0 Å². The fourth-order valence-corrected chi connectivity index (χ4v) is 1.64. The number of phenolic OH excluding ortho intramolecular Hbond substituents is 1. The molecule has 9 nitrogen and oxygen atoms in total. The highest BCUT2D eigenvalue weighted by Crippen LogP contribution is 2.35. The Morgan fingerprint density at radius 3 is 2.74 bits per heavy atom. The van der Waals surface area contributed by atoms with E-state index >= 15 is 0 Å². The predicted octanol–water partition coefficient (Wildman–Crippen LogP) is 0.493. The molecule has 0 spiro atoms. The van der Waals surface area contributed by atoms with Gasteiger partial charge in [0.1, 0.15) is 11.4 Å². The molecule has 1 aromatic carbocycles. The van der Waals surface area contributed by atoms with Gasteiger partial charge in [-0.1, -0.05) is 0 Å². The van der Waals surface area contributed by atoms with Crippen molar-refractivity contribution in [2.75, 3.05) is 0 Å². The maximum atomic E-state index is 11.2. The first-order valence-corrected chi connectivity index (χ1v) is 5.10. The standard InChI is InChI=1S/C10H9N5O4/c1-4-2-5(15(18)19)3-6(9(4)16)7-8(10(11)17)13-14-12-7/h2-3,16H,1H3,(H2,11,17)(H,12,13,14). The zero-order valence-corrected chi connectivity index (χ0v) is 9.75. The number of nitro benzene ring substituents is 1. The highest BCUT2D eigenvalue weighted by Gasteiger charge is 2.22. The second kappa shape index (κ2) is 4.37. The second-order valence-electron chi connectivity index (χ2n) is 3.80. The molecule has 19 heavy (non-hydrogen) atoms. The molecule has 1 heterocycles. The lowest BCUT2D eigenvalue weighted by molar-refractivity contribution is -0.384. The van der Waals surface area contributed by atoms with Gasteiger partial charge in [0.15, 0.2) is 5.69 Å². The van der Waals surface area contributed by atoms with Crippen molar-refractivity contribution in [3.63, 3.8) is 0 Å². The van der Waals surface area contributed by atoms with Crippen molar-refractivity contribution in [1.82, 2.24) is 15.4 Å². The van der Waals surface area contributed by atoms with Crippen LogP contribution in [0.15, 0.2) is 12.1 Å². The van der Waals surface area contributed by atoms with Crippen LogP contribution >= 0.6 is 0 Å². The van der Waals surface area contributed by atoms with Crippen LogP contribution < -0.4 is 5.73 Å². The first kappa shape index (κ1) is 12.5. The quantitative estimate of drug-likeness (QED) is 0.542. The van der Waals surface area contributed by atoms with E-state index in [-0.39, 0.29) is 34.0 Å². The van der Waals surface area contributed by atoms with Crippen molar-refractivity contribution in [1.29, 1.82) is 0 Å². The third-order valence-electron chi connectivity index (χ3n) is 2.53. The SMILES string of the molecule is Cc1cc([N+](=O)[O-])cc(-c2n[nH]nc2C(N)=O)c1O. The van der Waals surface area contributed by atoms with Gasteiger partial charge in [0.05, 0.1) is 10.5 Å². The van der Waals surface area contributed by atoms with Crippen LogP contribution in [0.5, 0.6) is 5.75 Å². The van der Waals surface area contributed by atoms with Gasteiger partial charge in [-0.3, -0.25) is 14.9 Å². The average Bonchev–Trinajstić information content (AvgIpc) is 2.81. The number of aromatic hydroxyl groups is 1. The second-order valence-corrected chi connectivity index (χ2v) is 3.80. The molecular weight excluding hydrogens is 254 g/mol. The maximum Gasteiger partial charge on any atom is 0.271 e. The molecule has 0 aliphatic carbocycles. The number of aryl methyl sites for hydroxylation is 1. The predicted molar refractivity (Wildman–Crippen MR) is 63.4 cm³/mol. The van der Waals surface area contributed by atoms with E-state index in [1.165, 1.54) is 13.0 Å². The van der Waals surface area contributed by atoms with Gasteiger partial charge in [-0.2, -0.15) is 15.4 Å². The van der Waals surface area contributed by atoms with Crippen LogP contribution in [-0.2, 0) is 0 Å². The first-order valence-electron chi connectivity index (χ1n) is 5.10. The van der Waals surface area contributed by atoms with Gasteiger partial charge in [0.2, 0.25) is 0 Å². The number of benzene rings is 1. The number of aromatic amines is 1. The molecule has 4 N–H and O–H groups in total.